The topological polar surface area (TPSA) is 44.1 Å². The number of benzene rings is 1. The molecule has 3 nitrogen and oxygen atoms in total. The molecule has 1 aliphatic rings. The van der Waals surface area contributed by atoms with Crippen molar-refractivity contribution in [3.63, 3.8) is 0 Å². The summed E-state index contributed by atoms with van der Waals surface area (Å²) in [7, 11) is 0. The van der Waals surface area contributed by atoms with Gasteiger partial charge in [-0.05, 0) is 25.0 Å². The minimum Gasteiger partial charge on any atom is -0.323 e. The third kappa shape index (κ3) is 2.04. The van der Waals surface area contributed by atoms with Gasteiger partial charge >= 0.3 is 0 Å². The van der Waals surface area contributed by atoms with Crippen LogP contribution in [0.15, 0.2) is 12.1 Å². The van der Waals surface area contributed by atoms with Crippen LogP contribution in [-0.4, -0.2) is 23.4 Å². The average molecular weight is 254 g/mol. The average Bonchev–Trinajstić information content (AvgIpc) is 2.82. The SMILES string of the molecule is N#CC1CCCN1C(=O)c1cc(F)c(F)c(F)c1. The molecule has 0 bridgehead atoms. The zero-order valence-corrected chi connectivity index (χ0v) is 9.29. The number of likely N-dealkylation sites (tertiary alicyclic amines) is 1. The fourth-order valence-electron chi connectivity index (χ4n) is 1.99. The van der Waals surface area contributed by atoms with E-state index >= 15 is 0 Å². The highest BCUT2D eigenvalue weighted by atomic mass is 19.2. The molecule has 94 valence electrons. The predicted molar refractivity (Wildman–Crippen MR) is 56.0 cm³/mol. The van der Waals surface area contributed by atoms with Crippen LogP contribution in [0, 0.1) is 28.8 Å². The summed E-state index contributed by atoms with van der Waals surface area (Å²) in [5.74, 6) is -5.08. The van der Waals surface area contributed by atoms with Gasteiger partial charge in [-0.1, -0.05) is 0 Å². The number of nitriles is 1. The van der Waals surface area contributed by atoms with Crippen molar-refractivity contribution in [1.82, 2.24) is 4.90 Å². The van der Waals surface area contributed by atoms with Gasteiger partial charge in [-0.25, -0.2) is 13.2 Å². The van der Waals surface area contributed by atoms with E-state index in [9.17, 15) is 18.0 Å². The lowest BCUT2D eigenvalue weighted by Gasteiger charge is -2.19. The van der Waals surface area contributed by atoms with Gasteiger partial charge in [0.1, 0.15) is 6.04 Å². The number of halogens is 3. The lowest BCUT2D eigenvalue weighted by molar-refractivity contribution is 0.0763. The van der Waals surface area contributed by atoms with Crippen LogP contribution < -0.4 is 0 Å². The highest BCUT2D eigenvalue weighted by molar-refractivity contribution is 5.94. The van der Waals surface area contributed by atoms with Crippen molar-refractivity contribution >= 4 is 5.91 Å². The van der Waals surface area contributed by atoms with Gasteiger partial charge in [-0.15, -0.1) is 0 Å². The van der Waals surface area contributed by atoms with Crippen molar-refractivity contribution in [3.05, 3.63) is 35.1 Å². The Labute approximate surface area is 101 Å². The quantitative estimate of drug-likeness (QED) is 0.721. The van der Waals surface area contributed by atoms with E-state index in [1.807, 2.05) is 6.07 Å². The second kappa shape index (κ2) is 4.69. The molecule has 0 N–H and O–H groups in total. The van der Waals surface area contributed by atoms with Crippen LogP contribution in [0.5, 0.6) is 0 Å². The molecule has 0 aliphatic carbocycles. The maximum Gasteiger partial charge on any atom is 0.255 e. The first kappa shape index (κ1) is 12.4. The summed E-state index contributed by atoms with van der Waals surface area (Å²) in [6.45, 7) is 0.359. The Hall–Kier alpha value is -2.03. The van der Waals surface area contributed by atoms with Crippen LogP contribution in [0.2, 0.25) is 0 Å². The largest absolute Gasteiger partial charge is 0.323 e. The summed E-state index contributed by atoms with van der Waals surface area (Å²) in [6.07, 6.45) is 1.20. The molecule has 0 aromatic heterocycles. The van der Waals surface area contributed by atoms with Crippen LogP contribution in [0.25, 0.3) is 0 Å². The number of carbonyl (C=O) groups excluding carboxylic acids is 1. The summed E-state index contributed by atoms with van der Waals surface area (Å²) in [5.41, 5.74) is -0.284. The van der Waals surface area contributed by atoms with Crippen LogP contribution in [0.1, 0.15) is 23.2 Å². The molecule has 18 heavy (non-hydrogen) atoms. The lowest BCUT2D eigenvalue weighted by Crippen LogP contribution is -2.34. The molecule has 1 atom stereocenters. The highest BCUT2D eigenvalue weighted by Gasteiger charge is 2.30. The second-order valence-corrected chi connectivity index (χ2v) is 4.04. The van der Waals surface area contributed by atoms with E-state index in [1.54, 1.807) is 0 Å². The molecule has 1 aromatic carbocycles. The zero-order chi connectivity index (χ0) is 13.3. The maximum absolute atomic E-state index is 13.0. The molecule has 1 heterocycles. The van der Waals surface area contributed by atoms with Crippen LogP contribution >= 0.6 is 0 Å². The molecular weight excluding hydrogens is 245 g/mol. The van der Waals surface area contributed by atoms with Gasteiger partial charge in [-0.2, -0.15) is 5.26 Å². The zero-order valence-electron chi connectivity index (χ0n) is 9.29. The van der Waals surface area contributed by atoms with Crippen LogP contribution in [0.4, 0.5) is 13.2 Å². The molecule has 0 spiro atoms. The summed E-state index contributed by atoms with van der Waals surface area (Å²) in [6, 6.07) is 2.65. The summed E-state index contributed by atoms with van der Waals surface area (Å²) in [4.78, 5) is 13.2. The Morgan fingerprint density at radius 2 is 1.94 bits per heavy atom. The third-order valence-electron chi connectivity index (χ3n) is 2.89. The number of carbonyl (C=O) groups is 1. The molecule has 1 amide bonds. The Bertz CT molecular complexity index is 516. The molecule has 1 saturated heterocycles. The van der Waals surface area contributed by atoms with Crippen molar-refractivity contribution in [2.45, 2.75) is 18.9 Å². The van der Waals surface area contributed by atoms with Crippen molar-refractivity contribution in [2.24, 2.45) is 0 Å². The van der Waals surface area contributed by atoms with E-state index in [0.29, 0.717) is 31.5 Å². The monoisotopic (exact) mass is 254 g/mol. The standard InChI is InChI=1S/C12H9F3N2O/c13-9-4-7(5-10(14)11(9)15)12(18)17-3-1-2-8(17)6-16/h4-5,8H,1-3H2. The van der Waals surface area contributed by atoms with E-state index in [1.165, 1.54) is 4.90 Å². The summed E-state index contributed by atoms with van der Waals surface area (Å²) < 4.78 is 38.8. The normalized spacial score (nSPS) is 18.8. The van der Waals surface area contributed by atoms with Crippen molar-refractivity contribution < 1.29 is 18.0 Å². The number of hydrogen-bond donors (Lipinski definition) is 0. The van der Waals surface area contributed by atoms with E-state index in [2.05, 4.69) is 0 Å². The second-order valence-electron chi connectivity index (χ2n) is 4.04. The Balaban J connectivity index is 2.32. The molecule has 1 aliphatic heterocycles. The van der Waals surface area contributed by atoms with E-state index in [4.69, 9.17) is 5.26 Å². The molecule has 1 aromatic rings. The molecule has 6 heteroatoms. The van der Waals surface area contributed by atoms with Gasteiger partial charge in [0.05, 0.1) is 6.07 Å². The fraction of sp³-hybridized carbons (Fsp3) is 0.333. The van der Waals surface area contributed by atoms with E-state index in [0.717, 1.165) is 0 Å². The van der Waals surface area contributed by atoms with Crippen molar-refractivity contribution in [3.8, 4) is 6.07 Å². The third-order valence-corrected chi connectivity index (χ3v) is 2.89. The van der Waals surface area contributed by atoms with Gasteiger partial charge in [0, 0.05) is 12.1 Å². The highest BCUT2D eigenvalue weighted by Crippen LogP contribution is 2.21. The minimum absolute atomic E-state index is 0.284. The lowest BCUT2D eigenvalue weighted by atomic mass is 10.1. The van der Waals surface area contributed by atoms with Crippen molar-refractivity contribution in [1.29, 1.82) is 5.26 Å². The number of amides is 1. The number of rotatable bonds is 1. The first-order valence-corrected chi connectivity index (χ1v) is 5.39. The van der Waals surface area contributed by atoms with Crippen LogP contribution in [0.3, 0.4) is 0 Å². The molecule has 1 fully saturated rings. The summed E-state index contributed by atoms with van der Waals surface area (Å²) in [5, 5.41) is 8.83. The van der Waals surface area contributed by atoms with Crippen LogP contribution in [-0.2, 0) is 0 Å². The fourth-order valence-corrected chi connectivity index (χ4v) is 1.99. The number of hydrogen-bond acceptors (Lipinski definition) is 2. The molecule has 2 rings (SSSR count). The molecular formula is C12H9F3N2O. The van der Waals surface area contributed by atoms with Gasteiger partial charge in [0.2, 0.25) is 0 Å². The van der Waals surface area contributed by atoms with Gasteiger partial charge < -0.3 is 4.90 Å². The maximum atomic E-state index is 13.0. The minimum atomic E-state index is -1.61. The first-order chi connectivity index (χ1) is 8.54. The van der Waals surface area contributed by atoms with Gasteiger partial charge in [0.15, 0.2) is 17.5 Å². The predicted octanol–water partition coefficient (Wildman–Crippen LogP) is 2.23. The number of nitrogens with zero attached hydrogens (tertiary/aromatic N) is 2. The Morgan fingerprint density at radius 1 is 1.33 bits per heavy atom. The Kier molecular flexibility index (Phi) is 3.24. The van der Waals surface area contributed by atoms with Gasteiger partial charge in [0.25, 0.3) is 5.91 Å². The first-order valence-electron chi connectivity index (χ1n) is 5.39. The summed E-state index contributed by atoms with van der Waals surface area (Å²) >= 11 is 0. The van der Waals surface area contributed by atoms with Crippen molar-refractivity contribution in [2.75, 3.05) is 6.54 Å². The van der Waals surface area contributed by atoms with E-state index < -0.39 is 29.4 Å². The van der Waals surface area contributed by atoms with E-state index in [-0.39, 0.29) is 5.56 Å². The van der Waals surface area contributed by atoms with Gasteiger partial charge in [-0.3, -0.25) is 4.79 Å². The molecule has 1 unspecified atom stereocenters. The molecule has 0 saturated carbocycles. The smallest absolute Gasteiger partial charge is 0.255 e. The molecule has 0 radical (unpaired) electrons. The Morgan fingerprint density at radius 3 is 2.50 bits per heavy atom.